The van der Waals surface area contributed by atoms with Crippen molar-refractivity contribution in [2.75, 3.05) is 0 Å². The molecule has 1 aliphatic carbocycles. The van der Waals surface area contributed by atoms with Gasteiger partial charge >= 0.3 is 0 Å². The lowest BCUT2D eigenvalue weighted by Gasteiger charge is -2.13. The number of benzene rings is 2. The zero-order valence-corrected chi connectivity index (χ0v) is 18.2. The van der Waals surface area contributed by atoms with Crippen LogP contribution in [0, 0.1) is 6.92 Å². The fourth-order valence-electron chi connectivity index (χ4n) is 4.75. The van der Waals surface area contributed by atoms with Crippen LogP contribution < -0.4 is 0 Å². The summed E-state index contributed by atoms with van der Waals surface area (Å²) in [6.45, 7) is 2.05. The standard InChI is InChI=1S/C29H25NO2/c1-20-26(21-10-4-2-5-11-21)25-14-8-9-19-30(25)27(20)29(32)24-17-15-23(16-18-24)28(31)22-12-6-3-7-13-22/h3,6-10,12-19H,2,4-5,11H2,1H3. The summed E-state index contributed by atoms with van der Waals surface area (Å²) in [7, 11) is 0. The second kappa shape index (κ2) is 8.43. The van der Waals surface area contributed by atoms with E-state index in [-0.39, 0.29) is 11.6 Å². The molecule has 2 aromatic heterocycles. The van der Waals surface area contributed by atoms with Crippen LogP contribution in [0.4, 0.5) is 0 Å². The van der Waals surface area contributed by atoms with E-state index >= 15 is 0 Å². The molecule has 0 saturated heterocycles. The fourth-order valence-corrected chi connectivity index (χ4v) is 4.75. The third-order valence-electron chi connectivity index (χ3n) is 6.36. The van der Waals surface area contributed by atoms with Gasteiger partial charge < -0.3 is 4.40 Å². The molecule has 0 amide bonds. The molecule has 0 radical (unpaired) electrons. The molecule has 0 N–H and O–H groups in total. The Morgan fingerprint density at radius 1 is 0.750 bits per heavy atom. The van der Waals surface area contributed by atoms with E-state index in [9.17, 15) is 9.59 Å². The van der Waals surface area contributed by atoms with Crippen molar-refractivity contribution < 1.29 is 9.59 Å². The monoisotopic (exact) mass is 419 g/mol. The summed E-state index contributed by atoms with van der Waals surface area (Å²) in [5, 5.41) is 0. The summed E-state index contributed by atoms with van der Waals surface area (Å²) in [4.78, 5) is 26.3. The largest absolute Gasteiger partial charge is 0.313 e. The molecule has 158 valence electrons. The highest BCUT2D eigenvalue weighted by atomic mass is 16.1. The number of hydrogen-bond acceptors (Lipinski definition) is 2. The van der Waals surface area contributed by atoms with Gasteiger partial charge in [-0.25, -0.2) is 0 Å². The topological polar surface area (TPSA) is 38.5 Å². The molecule has 0 unspecified atom stereocenters. The summed E-state index contributed by atoms with van der Waals surface area (Å²) in [5.74, 6) is -0.0643. The Hall–Kier alpha value is -3.72. The zero-order chi connectivity index (χ0) is 22.1. The van der Waals surface area contributed by atoms with Crippen LogP contribution in [0.1, 0.15) is 68.8 Å². The van der Waals surface area contributed by atoms with E-state index in [4.69, 9.17) is 0 Å². The van der Waals surface area contributed by atoms with Crippen molar-refractivity contribution >= 4 is 22.7 Å². The van der Waals surface area contributed by atoms with Gasteiger partial charge in [-0.05, 0) is 55.9 Å². The molecule has 0 bridgehead atoms. The molecule has 3 heteroatoms. The lowest BCUT2D eigenvalue weighted by Crippen LogP contribution is -2.08. The SMILES string of the molecule is Cc1c(C2=CCCCC2)c2ccccn2c1C(=O)c1ccc(C(=O)c2ccccc2)cc1. The molecule has 0 aliphatic heterocycles. The quantitative estimate of drug-likeness (QED) is 0.339. The summed E-state index contributed by atoms with van der Waals surface area (Å²) in [5.41, 5.74) is 7.17. The molecule has 0 fully saturated rings. The van der Waals surface area contributed by atoms with E-state index in [2.05, 4.69) is 19.1 Å². The second-order valence-corrected chi connectivity index (χ2v) is 8.38. The number of fused-ring (bicyclic) bond motifs is 1. The maximum absolute atomic E-state index is 13.6. The number of rotatable bonds is 5. The minimum atomic E-state index is -0.0413. The van der Waals surface area contributed by atoms with Crippen LogP contribution in [-0.2, 0) is 0 Å². The molecule has 2 heterocycles. The van der Waals surface area contributed by atoms with Crippen LogP contribution in [-0.4, -0.2) is 16.0 Å². The zero-order valence-electron chi connectivity index (χ0n) is 18.2. The number of nitrogens with zero attached hydrogens (tertiary/aromatic N) is 1. The van der Waals surface area contributed by atoms with Crippen molar-refractivity contribution in [2.24, 2.45) is 0 Å². The number of aromatic nitrogens is 1. The van der Waals surface area contributed by atoms with E-state index in [1.165, 1.54) is 24.0 Å². The van der Waals surface area contributed by atoms with Gasteiger partial charge in [-0.15, -0.1) is 0 Å². The smallest absolute Gasteiger partial charge is 0.210 e. The number of carbonyl (C=O) groups excluding carboxylic acids is 2. The van der Waals surface area contributed by atoms with E-state index in [0.29, 0.717) is 22.4 Å². The number of carbonyl (C=O) groups is 2. The second-order valence-electron chi connectivity index (χ2n) is 8.38. The fraction of sp³-hybridized carbons (Fsp3) is 0.172. The predicted octanol–water partition coefficient (Wildman–Crippen LogP) is 6.67. The van der Waals surface area contributed by atoms with Crippen molar-refractivity contribution in [1.29, 1.82) is 0 Å². The maximum Gasteiger partial charge on any atom is 0.210 e. The number of ketones is 2. The van der Waals surface area contributed by atoms with Gasteiger partial charge in [0, 0.05) is 28.5 Å². The van der Waals surface area contributed by atoms with E-state index in [1.54, 1.807) is 36.4 Å². The first-order valence-electron chi connectivity index (χ1n) is 11.2. The first kappa shape index (κ1) is 20.2. The van der Waals surface area contributed by atoms with Crippen LogP contribution >= 0.6 is 0 Å². The Morgan fingerprint density at radius 2 is 1.41 bits per heavy atom. The lowest BCUT2D eigenvalue weighted by atomic mass is 9.91. The number of allylic oxidation sites excluding steroid dienone is 2. The van der Waals surface area contributed by atoms with Crippen LogP contribution in [0.5, 0.6) is 0 Å². The molecule has 3 nitrogen and oxygen atoms in total. The summed E-state index contributed by atoms with van der Waals surface area (Å²) < 4.78 is 2.02. The van der Waals surface area contributed by atoms with Gasteiger partial charge in [-0.2, -0.15) is 0 Å². The van der Waals surface area contributed by atoms with Crippen LogP contribution in [0.15, 0.2) is 85.1 Å². The van der Waals surface area contributed by atoms with Gasteiger partial charge in [-0.1, -0.05) is 66.7 Å². The average Bonchev–Trinajstić information content (AvgIpc) is 3.16. The molecular formula is C29H25NO2. The lowest BCUT2D eigenvalue weighted by molar-refractivity contribution is 0.102. The van der Waals surface area contributed by atoms with Crippen molar-refractivity contribution in [3.05, 3.63) is 119 Å². The highest BCUT2D eigenvalue weighted by Crippen LogP contribution is 2.35. The molecule has 5 rings (SSSR count). The number of hydrogen-bond donors (Lipinski definition) is 0. The van der Waals surface area contributed by atoms with Crippen molar-refractivity contribution in [2.45, 2.75) is 32.6 Å². The predicted molar refractivity (Wildman–Crippen MR) is 128 cm³/mol. The van der Waals surface area contributed by atoms with Crippen molar-refractivity contribution in [1.82, 2.24) is 4.40 Å². The molecule has 1 aliphatic rings. The molecule has 0 saturated carbocycles. The summed E-state index contributed by atoms with van der Waals surface area (Å²) >= 11 is 0. The normalized spacial score (nSPS) is 13.7. The molecule has 0 spiro atoms. The molecule has 2 aromatic carbocycles. The highest BCUT2D eigenvalue weighted by molar-refractivity contribution is 6.12. The highest BCUT2D eigenvalue weighted by Gasteiger charge is 2.24. The van der Waals surface area contributed by atoms with Gasteiger partial charge in [0.2, 0.25) is 5.78 Å². The van der Waals surface area contributed by atoms with Crippen molar-refractivity contribution in [3.8, 4) is 0 Å². The first-order valence-corrected chi connectivity index (χ1v) is 11.2. The third kappa shape index (κ3) is 3.50. The minimum absolute atomic E-state index is 0.0231. The molecular weight excluding hydrogens is 394 g/mol. The Kier molecular flexibility index (Phi) is 5.32. The van der Waals surface area contributed by atoms with Crippen LogP contribution in [0.3, 0.4) is 0 Å². The van der Waals surface area contributed by atoms with E-state index in [0.717, 1.165) is 23.9 Å². The minimum Gasteiger partial charge on any atom is -0.313 e. The van der Waals surface area contributed by atoms with Gasteiger partial charge in [0.25, 0.3) is 0 Å². The number of pyridine rings is 1. The average molecular weight is 420 g/mol. The Labute approximate surface area is 188 Å². The summed E-state index contributed by atoms with van der Waals surface area (Å²) in [6.07, 6.45) is 8.87. The van der Waals surface area contributed by atoms with E-state index < -0.39 is 0 Å². The maximum atomic E-state index is 13.6. The Morgan fingerprint density at radius 3 is 2.09 bits per heavy atom. The molecule has 0 atom stereocenters. The van der Waals surface area contributed by atoms with Gasteiger partial charge in [0.15, 0.2) is 5.78 Å². The molecule has 32 heavy (non-hydrogen) atoms. The Balaban J connectivity index is 1.54. The van der Waals surface area contributed by atoms with E-state index in [1.807, 2.05) is 40.9 Å². The van der Waals surface area contributed by atoms with Gasteiger partial charge in [0.05, 0.1) is 11.2 Å². The van der Waals surface area contributed by atoms with Crippen molar-refractivity contribution in [3.63, 3.8) is 0 Å². The van der Waals surface area contributed by atoms with Gasteiger partial charge in [0.1, 0.15) is 0 Å². The van der Waals surface area contributed by atoms with Gasteiger partial charge in [-0.3, -0.25) is 9.59 Å². The Bertz CT molecular complexity index is 1340. The third-order valence-corrected chi connectivity index (χ3v) is 6.36. The summed E-state index contributed by atoms with van der Waals surface area (Å²) in [6, 6.07) is 22.3. The van der Waals surface area contributed by atoms with Crippen LogP contribution in [0.2, 0.25) is 0 Å². The van der Waals surface area contributed by atoms with Crippen LogP contribution in [0.25, 0.3) is 11.1 Å². The molecule has 4 aromatic rings. The first-order chi connectivity index (χ1) is 15.6.